The van der Waals surface area contributed by atoms with Crippen LogP contribution in [0.15, 0.2) is 48.5 Å². The highest BCUT2D eigenvalue weighted by atomic mass is 16.5. The molecule has 0 aromatic heterocycles. The Kier molecular flexibility index (Phi) is 7.96. The molecule has 0 radical (unpaired) electrons. The predicted octanol–water partition coefficient (Wildman–Crippen LogP) is 2.08. The fourth-order valence-electron chi connectivity index (χ4n) is 2.83. The first-order valence-electron chi connectivity index (χ1n) is 9.00. The smallest absolute Gasteiger partial charge is 0.225 e. The molecule has 0 unspecified atom stereocenters. The lowest BCUT2D eigenvalue weighted by Gasteiger charge is -2.11. The molecule has 0 saturated carbocycles. The predicted molar refractivity (Wildman–Crippen MR) is 103 cm³/mol. The van der Waals surface area contributed by atoms with Crippen LogP contribution < -0.4 is 20.1 Å². The summed E-state index contributed by atoms with van der Waals surface area (Å²) in [5, 5.41) is 5.18. The van der Waals surface area contributed by atoms with Crippen molar-refractivity contribution in [2.24, 2.45) is 0 Å². The van der Waals surface area contributed by atoms with E-state index in [0.29, 0.717) is 30.5 Å². The maximum Gasteiger partial charge on any atom is 0.225 e. The van der Waals surface area contributed by atoms with Gasteiger partial charge in [0.15, 0.2) is 11.5 Å². The third-order valence-electron chi connectivity index (χ3n) is 4.40. The average Bonchev–Trinajstić information content (AvgIpc) is 2.68. The molecule has 2 rings (SSSR count). The number of methoxy groups -OCH3 is 2. The molecule has 2 aromatic rings. The van der Waals surface area contributed by atoms with E-state index in [1.807, 2.05) is 36.4 Å². The molecule has 3 N–H and O–H groups in total. The summed E-state index contributed by atoms with van der Waals surface area (Å²) in [7, 11) is 3.24. The van der Waals surface area contributed by atoms with E-state index < -0.39 is 0 Å². The molecule has 0 aliphatic rings. The molecule has 0 heterocycles. The van der Waals surface area contributed by atoms with Gasteiger partial charge in [-0.1, -0.05) is 36.4 Å². The Morgan fingerprint density at radius 1 is 1.08 bits per heavy atom. The van der Waals surface area contributed by atoms with Gasteiger partial charge in [0, 0.05) is 12.1 Å². The van der Waals surface area contributed by atoms with E-state index in [4.69, 9.17) is 9.47 Å². The Balaban J connectivity index is 1.67. The van der Waals surface area contributed by atoms with E-state index >= 15 is 0 Å². The Hall–Kier alpha value is -2.53. The number of nitrogens with one attached hydrogen (secondary N) is 1. The summed E-state index contributed by atoms with van der Waals surface area (Å²) in [6.45, 7) is 3.55. The van der Waals surface area contributed by atoms with Gasteiger partial charge in [-0.25, -0.2) is 0 Å². The molecule has 0 aliphatic heterocycles. The number of benzene rings is 2. The number of ether oxygens (including phenoxy) is 2. The van der Waals surface area contributed by atoms with Gasteiger partial charge in [0.2, 0.25) is 5.91 Å². The zero-order valence-electron chi connectivity index (χ0n) is 15.8. The van der Waals surface area contributed by atoms with Crippen LogP contribution in [-0.2, 0) is 11.2 Å². The Morgan fingerprint density at radius 2 is 1.81 bits per heavy atom. The van der Waals surface area contributed by atoms with Crippen LogP contribution in [0.25, 0.3) is 0 Å². The summed E-state index contributed by atoms with van der Waals surface area (Å²) < 4.78 is 10.5. The Bertz CT molecular complexity index is 689. The van der Waals surface area contributed by atoms with Crippen LogP contribution in [0, 0.1) is 0 Å². The van der Waals surface area contributed by atoms with Crippen LogP contribution in [0.4, 0.5) is 0 Å². The summed E-state index contributed by atoms with van der Waals surface area (Å²) in [5.74, 6) is 1.51. The SMILES string of the molecule is COc1ccc(CCNC(=O)CC[NH2+][C@H](C)c2ccccc2)cc1OC. The van der Waals surface area contributed by atoms with Gasteiger partial charge in [-0.3, -0.25) is 4.79 Å². The summed E-state index contributed by atoms with van der Waals surface area (Å²) in [6.07, 6.45) is 1.28. The summed E-state index contributed by atoms with van der Waals surface area (Å²) in [4.78, 5) is 12.0. The zero-order chi connectivity index (χ0) is 18.8. The standard InChI is InChI=1S/C21H28N2O3/c1-16(18-7-5-4-6-8-18)22-14-12-21(24)23-13-11-17-9-10-19(25-2)20(15-17)26-3/h4-10,15-16,22H,11-14H2,1-3H3,(H,23,24)/p+1/t16-/m1/s1. The van der Waals surface area contributed by atoms with Gasteiger partial charge in [-0.15, -0.1) is 0 Å². The second-order valence-electron chi connectivity index (χ2n) is 6.26. The number of carbonyl (C=O) groups is 1. The van der Waals surface area contributed by atoms with Crippen molar-refractivity contribution in [1.82, 2.24) is 5.32 Å². The maximum atomic E-state index is 12.0. The first-order valence-corrected chi connectivity index (χ1v) is 9.00. The van der Waals surface area contributed by atoms with Crippen molar-refractivity contribution in [3.8, 4) is 11.5 Å². The zero-order valence-corrected chi connectivity index (χ0v) is 15.8. The second kappa shape index (κ2) is 10.5. The Labute approximate surface area is 155 Å². The van der Waals surface area contributed by atoms with Crippen LogP contribution in [0.2, 0.25) is 0 Å². The molecule has 0 spiro atoms. The van der Waals surface area contributed by atoms with Crippen LogP contribution in [-0.4, -0.2) is 33.2 Å². The molecule has 1 amide bonds. The van der Waals surface area contributed by atoms with Crippen LogP contribution in [0.1, 0.15) is 30.5 Å². The normalized spacial score (nSPS) is 11.7. The number of amides is 1. The van der Waals surface area contributed by atoms with E-state index in [0.717, 1.165) is 18.5 Å². The highest BCUT2D eigenvalue weighted by Gasteiger charge is 2.09. The minimum atomic E-state index is 0.0852. The number of nitrogens with two attached hydrogens (primary N) is 1. The molecule has 140 valence electrons. The lowest BCUT2D eigenvalue weighted by Crippen LogP contribution is -2.85. The minimum absolute atomic E-state index is 0.0852. The van der Waals surface area contributed by atoms with E-state index in [9.17, 15) is 4.79 Å². The third-order valence-corrected chi connectivity index (χ3v) is 4.40. The van der Waals surface area contributed by atoms with Crippen molar-refractivity contribution in [3.05, 3.63) is 59.7 Å². The first-order chi connectivity index (χ1) is 12.6. The highest BCUT2D eigenvalue weighted by molar-refractivity contribution is 5.75. The van der Waals surface area contributed by atoms with E-state index in [1.165, 1.54) is 5.56 Å². The van der Waals surface area contributed by atoms with Crippen LogP contribution >= 0.6 is 0 Å². The number of hydrogen-bond acceptors (Lipinski definition) is 3. The van der Waals surface area contributed by atoms with E-state index in [1.54, 1.807) is 14.2 Å². The largest absolute Gasteiger partial charge is 0.493 e. The van der Waals surface area contributed by atoms with Gasteiger partial charge in [-0.05, 0) is 31.0 Å². The number of carbonyl (C=O) groups excluding carboxylic acids is 1. The molecule has 0 fully saturated rings. The number of rotatable bonds is 10. The molecular formula is C21H29N2O3+. The number of quaternary nitrogens is 1. The average molecular weight is 357 g/mol. The molecule has 2 aromatic carbocycles. The molecule has 0 bridgehead atoms. The fourth-order valence-corrected chi connectivity index (χ4v) is 2.83. The topological polar surface area (TPSA) is 64.2 Å². The first kappa shape index (κ1) is 19.8. The Morgan fingerprint density at radius 3 is 2.50 bits per heavy atom. The van der Waals surface area contributed by atoms with Crippen molar-refractivity contribution in [2.75, 3.05) is 27.3 Å². The lowest BCUT2D eigenvalue weighted by atomic mass is 10.1. The molecular weight excluding hydrogens is 328 g/mol. The second-order valence-corrected chi connectivity index (χ2v) is 6.26. The molecule has 5 heteroatoms. The highest BCUT2D eigenvalue weighted by Crippen LogP contribution is 2.27. The minimum Gasteiger partial charge on any atom is -0.493 e. The summed E-state index contributed by atoms with van der Waals surface area (Å²) in [5.41, 5.74) is 2.38. The maximum absolute atomic E-state index is 12.0. The van der Waals surface area contributed by atoms with Gasteiger partial charge in [0.25, 0.3) is 0 Å². The van der Waals surface area contributed by atoms with Crippen LogP contribution in [0.3, 0.4) is 0 Å². The van der Waals surface area contributed by atoms with Crippen molar-refractivity contribution in [3.63, 3.8) is 0 Å². The van der Waals surface area contributed by atoms with E-state index in [-0.39, 0.29) is 5.91 Å². The van der Waals surface area contributed by atoms with Crippen molar-refractivity contribution in [2.45, 2.75) is 25.8 Å². The monoisotopic (exact) mass is 357 g/mol. The fraction of sp³-hybridized carbons (Fsp3) is 0.381. The molecule has 5 nitrogen and oxygen atoms in total. The summed E-state index contributed by atoms with van der Waals surface area (Å²) in [6, 6.07) is 16.5. The van der Waals surface area contributed by atoms with Gasteiger partial charge < -0.3 is 20.1 Å². The third kappa shape index (κ3) is 6.08. The van der Waals surface area contributed by atoms with Crippen LogP contribution in [0.5, 0.6) is 11.5 Å². The van der Waals surface area contributed by atoms with Crippen molar-refractivity contribution in [1.29, 1.82) is 0 Å². The molecule has 0 saturated heterocycles. The van der Waals surface area contributed by atoms with Crippen molar-refractivity contribution < 1.29 is 19.6 Å². The van der Waals surface area contributed by atoms with Gasteiger partial charge in [0.05, 0.1) is 27.2 Å². The molecule has 26 heavy (non-hydrogen) atoms. The van der Waals surface area contributed by atoms with Gasteiger partial charge in [-0.2, -0.15) is 0 Å². The number of hydrogen-bond donors (Lipinski definition) is 2. The molecule has 1 atom stereocenters. The van der Waals surface area contributed by atoms with Gasteiger partial charge >= 0.3 is 0 Å². The van der Waals surface area contributed by atoms with E-state index in [2.05, 4.69) is 29.7 Å². The van der Waals surface area contributed by atoms with Gasteiger partial charge in [0.1, 0.15) is 6.04 Å². The molecule has 0 aliphatic carbocycles. The van der Waals surface area contributed by atoms with Crippen molar-refractivity contribution >= 4 is 5.91 Å². The summed E-state index contributed by atoms with van der Waals surface area (Å²) >= 11 is 0. The lowest BCUT2D eigenvalue weighted by molar-refractivity contribution is -0.691. The quantitative estimate of drug-likeness (QED) is 0.684.